The number of anilines is 6. The fourth-order valence-electron chi connectivity index (χ4n) is 6.45. The van der Waals surface area contributed by atoms with Crippen LogP contribution in [-0.4, -0.2) is 0 Å². The van der Waals surface area contributed by atoms with E-state index in [0.717, 1.165) is 11.4 Å². The molecular weight excluding hydrogens is 532 g/mol. The molecule has 2 heteroatoms. The number of aryl methyl sites for hydroxylation is 6. The van der Waals surface area contributed by atoms with Gasteiger partial charge in [-0.3, -0.25) is 0 Å². The van der Waals surface area contributed by atoms with Gasteiger partial charge in [0.2, 0.25) is 0 Å². The number of nitrogens with zero attached hydrogens (tertiary/aromatic N) is 2. The molecule has 0 aromatic heterocycles. The zero-order chi connectivity index (χ0) is 30.8. The van der Waals surface area contributed by atoms with Gasteiger partial charge in [-0.05, 0) is 159 Å². The molecule has 0 saturated heterocycles. The Morgan fingerprint density at radius 2 is 0.636 bits per heavy atom. The number of rotatable bonds is 7. The Kier molecular flexibility index (Phi) is 8.09. The molecule has 0 aliphatic heterocycles. The SMILES string of the molecule is Cc1cccc(N(c2ccccc2)c2c(C)cc(-c3cc(C)c(N(c4ccccc4)c4cccc(C)c4)c(C)c3)cc2C)c1. The van der Waals surface area contributed by atoms with Gasteiger partial charge in [0.25, 0.3) is 0 Å². The second-order valence-electron chi connectivity index (χ2n) is 11.9. The molecule has 0 aliphatic rings. The molecule has 0 radical (unpaired) electrons. The number of para-hydroxylation sites is 2. The summed E-state index contributed by atoms with van der Waals surface area (Å²) in [5, 5.41) is 0. The summed E-state index contributed by atoms with van der Waals surface area (Å²) >= 11 is 0. The Bertz CT molecular complexity index is 1730. The summed E-state index contributed by atoms with van der Waals surface area (Å²) in [6, 6.07) is 48.2. The molecule has 0 fully saturated rings. The maximum Gasteiger partial charge on any atom is 0.0520 e. The molecule has 0 spiro atoms. The minimum Gasteiger partial charge on any atom is -0.310 e. The zero-order valence-electron chi connectivity index (χ0n) is 26.6. The third-order valence-corrected chi connectivity index (χ3v) is 8.31. The van der Waals surface area contributed by atoms with Gasteiger partial charge in [0.1, 0.15) is 0 Å². The van der Waals surface area contributed by atoms with Crippen LogP contribution in [0.5, 0.6) is 0 Å². The van der Waals surface area contributed by atoms with Gasteiger partial charge < -0.3 is 9.80 Å². The van der Waals surface area contributed by atoms with E-state index in [0.29, 0.717) is 0 Å². The lowest BCUT2D eigenvalue weighted by molar-refractivity contribution is 1.20. The lowest BCUT2D eigenvalue weighted by Crippen LogP contribution is -2.13. The van der Waals surface area contributed by atoms with E-state index < -0.39 is 0 Å². The van der Waals surface area contributed by atoms with E-state index in [1.807, 2.05) is 0 Å². The summed E-state index contributed by atoms with van der Waals surface area (Å²) in [6.07, 6.45) is 0. The van der Waals surface area contributed by atoms with Gasteiger partial charge in [-0.15, -0.1) is 0 Å². The molecule has 0 heterocycles. The average Bonchev–Trinajstić information content (AvgIpc) is 3.01. The minimum atomic E-state index is 1.16. The molecule has 0 N–H and O–H groups in total. The third kappa shape index (κ3) is 5.76. The standard InChI is InChI=1S/C42H40N2/c1-29-15-13-21-39(23-29)43(37-17-9-7-10-18-37)41-31(3)25-35(26-32(41)4)36-27-33(5)42(34(6)28-36)44(38-19-11-8-12-20-38)40-22-14-16-30(2)24-40/h7-28H,1-6H3. The van der Waals surface area contributed by atoms with Gasteiger partial charge in [0, 0.05) is 22.7 Å². The average molecular weight is 573 g/mol. The minimum absolute atomic E-state index is 1.16. The first-order valence-electron chi connectivity index (χ1n) is 15.4. The van der Waals surface area contributed by atoms with Crippen molar-refractivity contribution in [3.63, 3.8) is 0 Å². The van der Waals surface area contributed by atoms with Gasteiger partial charge in [-0.1, -0.05) is 60.7 Å². The highest BCUT2D eigenvalue weighted by molar-refractivity contribution is 5.86. The van der Waals surface area contributed by atoms with E-state index in [9.17, 15) is 0 Å². The topological polar surface area (TPSA) is 6.48 Å². The second kappa shape index (κ2) is 12.3. The van der Waals surface area contributed by atoms with Crippen LogP contribution in [-0.2, 0) is 0 Å². The molecule has 218 valence electrons. The summed E-state index contributed by atoms with van der Waals surface area (Å²) in [6.45, 7) is 13.3. The number of hydrogen-bond donors (Lipinski definition) is 0. The van der Waals surface area contributed by atoms with Gasteiger partial charge >= 0.3 is 0 Å². The first-order valence-corrected chi connectivity index (χ1v) is 15.4. The van der Waals surface area contributed by atoms with Crippen molar-refractivity contribution in [1.29, 1.82) is 0 Å². The van der Waals surface area contributed by atoms with E-state index >= 15 is 0 Å². The molecule has 2 nitrogen and oxygen atoms in total. The van der Waals surface area contributed by atoms with Crippen molar-refractivity contribution in [3.8, 4) is 11.1 Å². The largest absolute Gasteiger partial charge is 0.310 e. The van der Waals surface area contributed by atoms with Crippen molar-refractivity contribution in [2.75, 3.05) is 9.80 Å². The van der Waals surface area contributed by atoms with Gasteiger partial charge in [-0.2, -0.15) is 0 Å². The molecular formula is C42H40N2. The summed E-state index contributed by atoms with van der Waals surface area (Å²) in [4.78, 5) is 4.78. The van der Waals surface area contributed by atoms with Crippen LogP contribution in [0, 0.1) is 41.5 Å². The van der Waals surface area contributed by atoms with Crippen molar-refractivity contribution >= 4 is 34.1 Å². The Morgan fingerprint density at radius 1 is 0.318 bits per heavy atom. The first-order chi connectivity index (χ1) is 21.3. The van der Waals surface area contributed by atoms with Crippen LogP contribution in [0.4, 0.5) is 34.1 Å². The van der Waals surface area contributed by atoms with Crippen LogP contribution in [0.25, 0.3) is 11.1 Å². The summed E-state index contributed by atoms with van der Waals surface area (Å²) in [7, 11) is 0. The van der Waals surface area contributed by atoms with E-state index in [-0.39, 0.29) is 0 Å². The van der Waals surface area contributed by atoms with Crippen LogP contribution in [0.1, 0.15) is 33.4 Å². The lowest BCUT2D eigenvalue weighted by atomic mass is 9.94. The Morgan fingerprint density at radius 3 is 0.955 bits per heavy atom. The normalized spacial score (nSPS) is 11.0. The molecule has 0 bridgehead atoms. The fraction of sp³-hybridized carbons (Fsp3) is 0.143. The predicted molar refractivity (Wildman–Crippen MR) is 190 cm³/mol. The van der Waals surface area contributed by atoms with Crippen molar-refractivity contribution < 1.29 is 0 Å². The Balaban J connectivity index is 1.45. The molecule has 0 saturated carbocycles. The molecule has 0 amide bonds. The molecule has 44 heavy (non-hydrogen) atoms. The molecule has 6 aromatic rings. The fourth-order valence-corrected chi connectivity index (χ4v) is 6.45. The molecule has 0 aliphatic carbocycles. The highest BCUT2D eigenvalue weighted by Gasteiger charge is 2.21. The Hall–Kier alpha value is -5.08. The molecule has 6 aromatic carbocycles. The van der Waals surface area contributed by atoms with Crippen LogP contribution in [0.15, 0.2) is 133 Å². The highest BCUT2D eigenvalue weighted by Crippen LogP contribution is 2.43. The molecule has 6 rings (SSSR count). The van der Waals surface area contributed by atoms with Gasteiger partial charge in [0.05, 0.1) is 11.4 Å². The maximum atomic E-state index is 2.39. The van der Waals surface area contributed by atoms with Crippen molar-refractivity contribution in [2.24, 2.45) is 0 Å². The second-order valence-corrected chi connectivity index (χ2v) is 11.9. The summed E-state index contributed by atoms with van der Waals surface area (Å²) < 4.78 is 0. The van der Waals surface area contributed by atoms with Crippen molar-refractivity contribution in [3.05, 3.63) is 167 Å². The van der Waals surface area contributed by atoms with E-state index in [4.69, 9.17) is 0 Å². The third-order valence-electron chi connectivity index (χ3n) is 8.31. The van der Waals surface area contributed by atoms with E-state index in [2.05, 4.69) is 185 Å². The lowest BCUT2D eigenvalue weighted by Gasteiger charge is -2.30. The van der Waals surface area contributed by atoms with Crippen LogP contribution in [0.2, 0.25) is 0 Å². The Labute approximate surface area is 262 Å². The predicted octanol–water partition coefficient (Wildman–Crippen LogP) is 12.1. The van der Waals surface area contributed by atoms with E-state index in [1.54, 1.807) is 0 Å². The molecule has 0 unspecified atom stereocenters. The zero-order valence-corrected chi connectivity index (χ0v) is 26.6. The summed E-state index contributed by atoms with van der Waals surface area (Å²) in [5.74, 6) is 0. The summed E-state index contributed by atoms with van der Waals surface area (Å²) in [5.41, 5.74) is 17.1. The van der Waals surface area contributed by atoms with Gasteiger partial charge in [-0.25, -0.2) is 0 Å². The van der Waals surface area contributed by atoms with Gasteiger partial charge in [0.15, 0.2) is 0 Å². The highest BCUT2D eigenvalue weighted by atomic mass is 15.2. The number of benzene rings is 6. The smallest absolute Gasteiger partial charge is 0.0520 e. The van der Waals surface area contributed by atoms with Crippen LogP contribution < -0.4 is 9.80 Å². The van der Waals surface area contributed by atoms with Crippen molar-refractivity contribution in [2.45, 2.75) is 41.5 Å². The van der Waals surface area contributed by atoms with Crippen LogP contribution >= 0.6 is 0 Å². The maximum absolute atomic E-state index is 2.39. The molecule has 0 atom stereocenters. The first kappa shape index (κ1) is 29.0. The quantitative estimate of drug-likeness (QED) is 0.188. The van der Waals surface area contributed by atoms with E-state index in [1.165, 1.54) is 67.3 Å². The van der Waals surface area contributed by atoms with Crippen molar-refractivity contribution in [1.82, 2.24) is 0 Å². The number of hydrogen-bond acceptors (Lipinski definition) is 2. The van der Waals surface area contributed by atoms with Crippen LogP contribution in [0.3, 0.4) is 0 Å². The monoisotopic (exact) mass is 572 g/mol.